The van der Waals surface area contributed by atoms with Crippen LogP contribution < -0.4 is 5.73 Å². The molecule has 0 saturated carbocycles. The fourth-order valence-electron chi connectivity index (χ4n) is 1.00. The molecule has 0 aromatic heterocycles. The number of nitrogens with two attached hydrogens (primary N) is 1. The lowest BCUT2D eigenvalue weighted by atomic mass is 10.0. The van der Waals surface area contributed by atoms with Crippen molar-refractivity contribution in [3.05, 3.63) is 35.9 Å². The molecule has 0 aliphatic carbocycles. The Bertz CT molecular complexity index is 327. The van der Waals surface area contributed by atoms with Gasteiger partial charge in [0.05, 0.1) is 0 Å². The van der Waals surface area contributed by atoms with Gasteiger partial charge in [-0.1, -0.05) is 30.3 Å². The van der Waals surface area contributed by atoms with Crippen molar-refractivity contribution in [1.82, 2.24) is 0 Å². The maximum atomic E-state index is 12.9. The lowest BCUT2D eigenvalue weighted by molar-refractivity contribution is -0.168. The van der Waals surface area contributed by atoms with E-state index in [9.17, 15) is 13.6 Å². The van der Waals surface area contributed by atoms with Crippen LogP contribution in [0.2, 0.25) is 0 Å². The van der Waals surface area contributed by atoms with Gasteiger partial charge in [0.25, 0.3) is 0 Å². The molecule has 0 fully saturated rings. The third-order valence-electron chi connectivity index (χ3n) is 1.83. The number of benzene rings is 1. The van der Waals surface area contributed by atoms with Crippen LogP contribution in [0.1, 0.15) is 11.6 Å². The molecular weight excluding hydrogens is 192 g/mol. The van der Waals surface area contributed by atoms with Gasteiger partial charge in [-0.25, -0.2) is 4.79 Å². The molecule has 0 bridgehead atoms. The van der Waals surface area contributed by atoms with E-state index in [-0.39, 0.29) is 5.56 Å². The molecule has 0 saturated heterocycles. The van der Waals surface area contributed by atoms with E-state index < -0.39 is 17.9 Å². The van der Waals surface area contributed by atoms with Crippen molar-refractivity contribution in [2.75, 3.05) is 0 Å². The highest BCUT2D eigenvalue weighted by atomic mass is 19.3. The molecule has 1 atom stereocenters. The van der Waals surface area contributed by atoms with Gasteiger partial charge in [-0.05, 0) is 5.56 Å². The summed E-state index contributed by atoms with van der Waals surface area (Å²) in [5.74, 6) is -6.16. The van der Waals surface area contributed by atoms with Crippen molar-refractivity contribution in [1.29, 1.82) is 0 Å². The van der Waals surface area contributed by atoms with E-state index in [2.05, 4.69) is 0 Å². The van der Waals surface area contributed by atoms with Crippen molar-refractivity contribution < 1.29 is 18.7 Å². The molecule has 0 aliphatic heterocycles. The summed E-state index contributed by atoms with van der Waals surface area (Å²) in [6.07, 6.45) is 0. The Balaban J connectivity index is 2.96. The molecule has 1 aromatic carbocycles. The number of carbonyl (C=O) groups is 1. The lowest BCUT2D eigenvalue weighted by Crippen LogP contribution is -2.40. The molecule has 0 aliphatic rings. The van der Waals surface area contributed by atoms with Gasteiger partial charge in [-0.2, -0.15) is 8.78 Å². The van der Waals surface area contributed by atoms with Crippen LogP contribution in [0.4, 0.5) is 8.78 Å². The molecule has 1 rings (SSSR count). The van der Waals surface area contributed by atoms with Crippen LogP contribution in [0.3, 0.4) is 0 Å². The van der Waals surface area contributed by atoms with Crippen LogP contribution in [-0.4, -0.2) is 17.0 Å². The maximum Gasteiger partial charge on any atom is 0.376 e. The number of halogens is 2. The van der Waals surface area contributed by atoms with Crippen LogP contribution in [0.5, 0.6) is 0 Å². The molecule has 76 valence electrons. The first-order chi connectivity index (χ1) is 6.46. The Hall–Kier alpha value is -1.49. The Labute approximate surface area is 79.2 Å². The van der Waals surface area contributed by atoms with E-state index in [1.165, 1.54) is 24.3 Å². The van der Waals surface area contributed by atoms with Crippen molar-refractivity contribution in [2.24, 2.45) is 5.73 Å². The van der Waals surface area contributed by atoms with E-state index in [1.54, 1.807) is 6.07 Å². The minimum absolute atomic E-state index is 0.0971. The number of alkyl halides is 2. The molecule has 0 heterocycles. The molecule has 3 N–H and O–H groups in total. The average molecular weight is 201 g/mol. The SMILES string of the molecule is N[C@@H](c1ccccc1)C(F)(F)C(=O)O. The zero-order valence-corrected chi connectivity index (χ0v) is 7.15. The summed E-state index contributed by atoms with van der Waals surface area (Å²) in [7, 11) is 0. The maximum absolute atomic E-state index is 12.9. The van der Waals surface area contributed by atoms with Crippen molar-refractivity contribution >= 4 is 5.97 Å². The number of rotatable bonds is 3. The first-order valence-corrected chi connectivity index (χ1v) is 3.88. The summed E-state index contributed by atoms with van der Waals surface area (Å²) >= 11 is 0. The van der Waals surface area contributed by atoms with Crippen LogP contribution >= 0.6 is 0 Å². The Morgan fingerprint density at radius 3 is 2.29 bits per heavy atom. The topological polar surface area (TPSA) is 63.3 Å². The molecule has 0 radical (unpaired) electrons. The minimum atomic E-state index is -3.94. The smallest absolute Gasteiger partial charge is 0.376 e. The predicted molar refractivity (Wildman–Crippen MR) is 46.0 cm³/mol. The molecule has 0 amide bonds. The summed E-state index contributed by atoms with van der Waals surface area (Å²) in [5.41, 5.74) is 5.24. The Morgan fingerprint density at radius 1 is 1.36 bits per heavy atom. The highest BCUT2D eigenvalue weighted by Gasteiger charge is 2.46. The molecule has 3 nitrogen and oxygen atoms in total. The first-order valence-electron chi connectivity index (χ1n) is 3.88. The largest absolute Gasteiger partial charge is 0.477 e. The van der Waals surface area contributed by atoms with E-state index in [1.807, 2.05) is 0 Å². The van der Waals surface area contributed by atoms with E-state index in [0.29, 0.717) is 0 Å². The Kier molecular flexibility index (Phi) is 2.81. The second-order valence-electron chi connectivity index (χ2n) is 2.82. The van der Waals surface area contributed by atoms with Gasteiger partial charge >= 0.3 is 11.9 Å². The van der Waals surface area contributed by atoms with Crippen molar-refractivity contribution in [3.8, 4) is 0 Å². The standard InChI is InChI=1S/C9H9F2NO2/c10-9(11,8(13)14)7(12)6-4-2-1-3-5-6/h1-5,7H,12H2,(H,13,14)/t7-/m0/s1. The van der Waals surface area contributed by atoms with Crippen LogP contribution in [-0.2, 0) is 4.79 Å². The number of carboxylic acids is 1. The number of carboxylic acid groups (broad SMARTS) is 1. The van der Waals surface area contributed by atoms with E-state index in [4.69, 9.17) is 10.8 Å². The van der Waals surface area contributed by atoms with Gasteiger partial charge in [0.15, 0.2) is 0 Å². The molecular formula is C9H9F2NO2. The van der Waals surface area contributed by atoms with Crippen LogP contribution in [0, 0.1) is 0 Å². The van der Waals surface area contributed by atoms with Crippen molar-refractivity contribution in [3.63, 3.8) is 0 Å². The number of aliphatic carboxylic acids is 1. The summed E-state index contributed by atoms with van der Waals surface area (Å²) < 4.78 is 25.8. The van der Waals surface area contributed by atoms with Gasteiger partial charge in [0, 0.05) is 0 Å². The van der Waals surface area contributed by atoms with Gasteiger partial charge in [0.2, 0.25) is 0 Å². The summed E-state index contributed by atoms with van der Waals surface area (Å²) in [5, 5.41) is 8.24. The van der Waals surface area contributed by atoms with Gasteiger partial charge in [-0.3, -0.25) is 0 Å². The van der Waals surface area contributed by atoms with Crippen molar-refractivity contribution in [2.45, 2.75) is 12.0 Å². The number of hydrogen-bond donors (Lipinski definition) is 2. The molecule has 1 aromatic rings. The molecule has 0 spiro atoms. The second-order valence-corrected chi connectivity index (χ2v) is 2.82. The monoisotopic (exact) mass is 201 g/mol. The average Bonchev–Trinajstić information content (AvgIpc) is 2.17. The fourth-order valence-corrected chi connectivity index (χ4v) is 1.00. The van der Waals surface area contributed by atoms with Gasteiger partial charge in [-0.15, -0.1) is 0 Å². The Morgan fingerprint density at radius 2 is 1.86 bits per heavy atom. The lowest BCUT2D eigenvalue weighted by Gasteiger charge is -2.19. The minimum Gasteiger partial charge on any atom is -0.477 e. The third kappa shape index (κ3) is 1.88. The summed E-state index contributed by atoms with van der Waals surface area (Å²) in [6, 6.07) is 5.58. The van der Waals surface area contributed by atoms with Gasteiger partial charge < -0.3 is 10.8 Å². The predicted octanol–water partition coefficient (Wildman–Crippen LogP) is 1.41. The molecule has 0 unspecified atom stereocenters. The normalized spacial score (nSPS) is 13.6. The second kappa shape index (κ2) is 3.71. The highest BCUT2D eigenvalue weighted by molar-refractivity contribution is 5.76. The zero-order valence-electron chi connectivity index (χ0n) is 7.15. The van der Waals surface area contributed by atoms with Gasteiger partial charge in [0.1, 0.15) is 6.04 Å². The third-order valence-corrected chi connectivity index (χ3v) is 1.83. The zero-order chi connectivity index (χ0) is 10.8. The first kappa shape index (κ1) is 10.6. The van der Waals surface area contributed by atoms with E-state index >= 15 is 0 Å². The van der Waals surface area contributed by atoms with Crippen LogP contribution in [0.15, 0.2) is 30.3 Å². The quantitative estimate of drug-likeness (QED) is 0.777. The fraction of sp³-hybridized carbons (Fsp3) is 0.222. The summed E-state index contributed by atoms with van der Waals surface area (Å²) in [6.45, 7) is 0. The summed E-state index contributed by atoms with van der Waals surface area (Å²) in [4.78, 5) is 10.2. The van der Waals surface area contributed by atoms with Crippen LogP contribution in [0.25, 0.3) is 0 Å². The molecule has 14 heavy (non-hydrogen) atoms. The highest BCUT2D eigenvalue weighted by Crippen LogP contribution is 2.29. The van der Waals surface area contributed by atoms with E-state index in [0.717, 1.165) is 0 Å². The molecule has 5 heteroatoms. The number of hydrogen-bond acceptors (Lipinski definition) is 2.